The van der Waals surface area contributed by atoms with Gasteiger partial charge in [0.2, 0.25) is 0 Å². The maximum absolute atomic E-state index is 6.11. The minimum atomic E-state index is 0.450. The van der Waals surface area contributed by atoms with Gasteiger partial charge in [-0.05, 0) is 36.0 Å². The van der Waals surface area contributed by atoms with Gasteiger partial charge < -0.3 is 5.73 Å². The molecule has 0 aromatic carbocycles. The van der Waals surface area contributed by atoms with E-state index < -0.39 is 0 Å². The second-order valence-corrected chi connectivity index (χ2v) is 5.89. The highest BCUT2D eigenvalue weighted by molar-refractivity contribution is 5.11. The fraction of sp³-hybridized carbons (Fsp3) is 1.00. The molecule has 76 valence electrons. The molecular formula is C12H23N. The summed E-state index contributed by atoms with van der Waals surface area (Å²) in [6, 6.07) is 0.492. The van der Waals surface area contributed by atoms with Crippen LogP contribution in [-0.2, 0) is 0 Å². The first-order valence-electron chi connectivity index (χ1n) is 5.79. The summed E-state index contributed by atoms with van der Waals surface area (Å²) in [7, 11) is 0. The summed E-state index contributed by atoms with van der Waals surface area (Å²) in [6.45, 7) is 7.05. The fourth-order valence-corrected chi connectivity index (χ4v) is 3.26. The van der Waals surface area contributed by atoms with Gasteiger partial charge in [-0.1, -0.05) is 33.6 Å². The maximum Gasteiger partial charge on any atom is 0.0130 e. The third-order valence-electron chi connectivity index (χ3n) is 4.56. The molecule has 2 fully saturated rings. The van der Waals surface area contributed by atoms with Crippen molar-refractivity contribution in [1.29, 1.82) is 0 Å². The molecular weight excluding hydrogens is 158 g/mol. The molecule has 1 nitrogen and oxygen atoms in total. The van der Waals surface area contributed by atoms with E-state index in [9.17, 15) is 0 Å². The first kappa shape index (κ1) is 9.51. The van der Waals surface area contributed by atoms with Crippen LogP contribution in [0.15, 0.2) is 0 Å². The van der Waals surface area contributed by atoms with E-state index >= 15 is 0 Å². The third-order valence-corrected chi connectivity index (χ3v) is 4.56. The van der Waals surface area contributed by atoms with E-state index in [1.54, 1.807) is 0 Å². The van der Waals surface area contributed by atoms with E-state index in [1.807, 2.05) is 0 Å². The van der Waals surface area contributed by atoms with Crippen molar-refractivity contribution in [3.63, 3.8) is 0 Å². The summed E-state index contributed by atoms with van der Waals surface area (Å²) in [5.41, 5.74) is 6.56. The number of rotatable bonds is 1. The highest BCUT2D eigenvalue weighted by Crippen LogP contribution is 2.57. The van der Waals surface area contributed by atoms with E-state index in [2.05, 4.69) is 20.8 Å². The second kappa shape index (κ2) is 2.98. The second-order valence-electron chi connectivity index (χ2n) is 5.89. The topological polar surface area (TPSA) is 26.0 Å². The van der Waals surface area contributed by atoms with Gasteiger partial charge in [-0.25, -0.2) is 0 Å². The van der Waals surface area contributed by atoms with E-state index in [1.165, 1.54) is 25.7 Å². The Labute approximate surface area is 82.1 Å². The van der Waals surface area contributed by atoms with Crippen LogP contribution < -0.4 is 5.73 Å². The fourth-order valence-electron chi connectivity index (χ4n) is 3.26. The Morgan fingerprint density at radius 2 is 1.54 bits per heavy atom. The summed E-state index contributed by atoms with van der Waals surface area (Å²) in [5.74, 6) is 2.75. The van der Waals surface area contributed by atoms with Gasteiger partial charge in [0.25, 0.3) is 0 Å². The molecule has 2 aliphatic rings. The molecule has 0 amide bonds. The molecule has 0 aromatic rings. The Balaban J connectivity index is 1.90. The first-order chi connectivity index (χ1) is 6.03. The zero-order valence-corrected chi connectivity index (χ0v) is 9.22. The largest absolute Gasteiger partial charge is 0.327 e. The molecule has 0 radical (unpaired) electrons. The van der Waals surface area contributed by atoms with Crippen molar-refractivity contribution >= 4 is 0 Å². The van der Waals surface area contributed by atoms with Crippen molar-refractivity contribution < 1.29 is 0 Å². The van der Waals surface area contributed by atoms with Gasteiger partial charge in [-0.3, -0.25) is 0 Å². The lowest BCUT2D eigenvalue weighted by atomic mass is 9.79. The predicted molar refractivity (Wildman–Crippen MR) is 56.4 cm³/mol. The molecule has 0 heterocycles. The van der Waals surface area contributed by atoms with Crippen LogP contribution >= 0.6 is 0 Å². The zero-order valence-electron chi connectivity index (χ0n) is 9.22. The maximum atomic E-state index is 6.11. The Morgan fingerprint density at radius 1 is 1.08 bits per heavy atom. The van der Waals surface area contributed by atoms with Crippen LogP contribution in [0.1, 0.15) is 46.5 Å². The molecule has 0 saturated heterocycles. The standard InChI is InChI=1S/C12H23N/c1-8-4-6-9(7-5-8)10-11(13)12(10,2)3/h8-11H,4-7,13H2,1-3H3/t8?,9?,10-,11-/m0/s1. The lowest BCUT2D eigenvalue weighted by Crippen LogP contribution is -2.17. The minimum absolute atomic E-state index is 0.450. The first-order valence-corrected chi connectivity index (χ1v) is 5.79. The lowest BCUT2D eigenvalue weighted by molar-refractivity contribution is 0.244. The molecule has 2 atom stereocenters. The average molecular weight is 181 g/mol. The molecule has 0 aromatic heterocycles. The molecule has 2 rings (SSSR count). The SMILES string of the molecule is CC1CCC([C@H]2[C@H](N)C2(C)C)CC1. The van der Waals surface area contributed by atoms with Crippen LogP contribution in [-0.4, -0.2) is 6.04 Å². The summed E-state index contributed by atoms with van der Waals surface area (Å²) in [6.07, 6.45) is 5.74. The van der Waals surface area contributed by atoms with Crippen LogP contribution in [0.3, 0.4) is 0 Å². The van der Waals surface area contributed by atoms with Crippen molar-refractivity contribution in [3.8, 4) is 0 Å². The molecule has 2 aliphatic carbocycles. The third kappa shape index (κ3) is 1.52. The monoisotopic (exact) mass is 181 g/mol. The van der Waals surface area contributed by atoms with Gasteiger partial charge in [-0.2, -0.15) is 0 Å². The highest BCUT2D eigenvalue weighted by atomic mass is 14.8. The zero-order chi connectivity index (χ0) is 9.64. The Hall–Kier alpha value is -0.0400. The summed E-state index contributed by atoms with van der Waals surface area (Å²) in [4.78, 5) is 0. The van der Waals surface area contributed by atoms with E-state index in [0.717, 1.165) is 17.8 Å². The van der Waals surface area contributed by atoms with E-state index in [0.29, 0.717) is 11.5 Å². The summed E-state index contributed by atoms with van der Waals surface area (Å²) >= 11 is 0. The molecule has 13 heavy (non-hydrogen) atoms. The van der Waals surface area contributed by atoms with Gasteiger partial charge in [0, 0.05) is 6.04 Å². The van der Waals surface area contributed by atoms with Gasteiger partial charge in [0.15, 0.2) is 0 Å². The average Bonchev–Trinajstić information content (AvgIpc) is 2.55. The number of hydrogen-bond acceptors (Lipinski definition) is 1. The van der Waals surface area contributed by atoms with Gasteiger partial charge in [0.1, 0.15) is 0 Å². The molecule has 0 aliphatic heterocycles. The molecule has 1 heteroatoms. The van der Waals surface area contributed by atoms with Crippen LogP contribution in [0.2, 0.25) is 0 Å². The molecule has 2 N–H and O–H groups in total. The van der Waals surface area contributed by atoms with Gasteiger partial charge in [0.05, 0.1) is 0 Å². The Kier molecular flexibility index (Phi) is 2.18. The summed E-state index contributed by atoms with van der Waals surface area (Å²) in [5, 5.41) is 0. The Morgan fingerprint density at radius 3 is 1.92 bits per heavy atom. The molecule has 0 unspecified atom stereocenters. The molecule has 2 saturated carbocycles. The number of nitrogens with two attached hydrogens (primary N) is 1. The van der Waals surface area contributed by atoms with Crippen molar-refractivity contribution in [2.75, 3.05) is 0 Å². The van der Waals surface area contributed by atoms with Gasteiger partial charge in [-0.15, -0.1) is 0 Å². The molecule has 0 spiro atoms. The van der Waals surface area contributed by atoms with Crippen molar-refractivity contribution in [2.45, 2.75) is 52.5 Å². The van der Waals surface area contributed by atoms with Crippen LogP contribution in [0.4, 0.5) is 0 Å². The van der Waals surface area contributed by atoms with Crippen molar-refractivity contribution in [3.05, 3.63) is 0 Å². The van der Waals surface area contributed by atoms with E-state index in [-0.39, 0.29) is 0 Å². The predicted octanol–water partition coefficient (Wildman–Crippen LogP) is 2.80. The quantitative estimate of drug-likeness (QED) is 0.661. The van der Waals surface area contributed by atoms with Crippen LogP contribution in [0.25, 0.3) is 0 Å². The molecule has 0 bridgehead atoms. The van der Waals surface area contributed by atoms with E-state index in [4.69, 9.17) is 5.73 Å². The van der Waals surface area contributed by atoms with Crippen LogP contribution in [0, 0.1) is 23.2 Å². The smallest absolute Gasteiger partial charge is 0.0130 e. The van der Waals surface area contributed by atoms with Crippen molar-refractivity contribution in [2.24, 2.45) is 28.9 Å². The lowest BCUT2D eigenvalue weighted by Gasteiger charge is -2.27. The Bertz CT molecular complexity index is 189. The van der Waals surface area contributed by atoms with Crippen LogP contribution in [0.5, 0.6) is 0 Å². The minimum Gasteiger partial charge on any atom is -0.327 e. The van der Waals surface area contributed by atoms with Gasteiger partial charge >= 0.3 is 0 Å². The number of hydrogen-bond donors (Lipinski definition) is 1. The van der Waals surface area contributed by atoms with Crippen molar-refractivity contribution in [1.82, 2.24) is 0 Å². The highest BCUT2D eigenvalue weighted by Gasteiger charge is 2.58. The normalized spacial score (nSPS) is 48.9. The summed E-state index contributed by atoms with van der Waals surface area (Å²) < 4.78 is 0.